The van der Waals surface area contributed by atoms with Crippen molar-refractivity contribution < 1.29 is 34.4 Å². The molecule has 72 heavy (non-hydrogen) atoms. The van der Waals surface area contributed by atoms with E-state index in [4.69, 9.17) is 9.47 Å². The van der Waals surface area contributed by atoms with Crippen LogP contribution in [0.3, 0.4) is 0 Å². The van der Waals surface area contributed by atoms with E-state index in [1.807, 2.05) is 6.92 Å². The van der Waals surface area contributed by atoms with Gasteiger partial charge < -0.3 is 24.8 Å². The van der Waals surface area contributed by atoms with Crippen molar-refractivity contribution in [3.63, 3.8) is 0 Å². The monoisotopic (exact) mass is 983 g/mol. The molecule has 6 fully saturated rings. The number of esters is 2. The van der Waals surface area contributed by atoms with Crippen LogP contribution in [0.1, 0.15) is 212 Å². The van der Waals surface area contributed by atoms with Crippen LogP contribution in [0.15, 0.2) is 72.3 Å². The minimum absolute atomic E-state index is 0.161. The summed E-state index contributed by atoms with van der Waals surface area (Å²) in [6.07, 6.45) is 26.3. The molecule has 0 amide bonds. The average molecular weight is 983 g/mol. The fraction of sp³-hybridized carbons (Fsp3) is 0.723. The van der Waals surface area contributed by atoms with Crippen LogP contribution in [0.2, 0.25) is 0 Å². The van der Waals surface area contributed by atoms with Crippen molar-refractivity contribution in [1.29, 1.82) is 0 Å². The number of hydrogen-bond donors (Lipinski definition) is 3. The van der Waals surface area contributed by atoms with E-state index >= 15 is 4.79 Å². The summed E-state index contributed by atoms with van der Waals surface area (Å²) in [5.41, 5.74) is -1.12. The number of fused-ring (bicyclic) bond motifs is 4. The van der Waals surface area contributed by atoms with Crippen LogP contribution in [0, 0.1) is 62.6 Å². The number of aryl methyl sites for hydroxylation is 1. The number of cyclic esters (lactones) is 1. The molecule has 2 bridgehead atoms. The quantitative estimate of drug-likeness (QED) is 0.120. The lowest BCUT2D eigenvalue weighted by Crippen LogP contribution is -2.79. The zero-order valence-corrected chi connectivity index (χ0v) is 44.6. The van der Waals surface area contributed by atoms with Crippen molar-refractivity contribution in [3.05, 3.63) is 83.4 Å². The number of benzene rings is 2. The van der Waals surface area contributed by atoms with Gasteiger partial charge in [-0.2, -0.15) is 0 Å². The van der Waals surface area contributed by atoms with Gasteiger partial charge in [-0.3, -0.25) is 4.79 Å². The smallest absolute Gasteiger partial charge is 0.331 e. The first-order chi connectivity index (χ1) is 34.7. The molecule has 10 atom stereocenters. The third-order valence-corrected chi connectivity index (χ3v) is 22.3. The maximum atomic E-state index is 15.2. The number of carbonyl (C=O) groups is 2. The Morgan fingerprint density at radius 3 is 2.14 bits per heavy atom. The number of rotatable bonds is 15. The molecule has 2 spiro atoms. The summed E-state index contributed by atoms with van der Waals surface area (Å²) in [7, 11) is 0. The molecule has 7 heteroatoms. The van der Waals surface area contributed by atoms with Crippen LogP contribution in [-0.4, -0.2) is 57.8 Å². The Kier molecular flexibility index (Phi) is 15.1. The number of aliphatic hydroxyl groups is 3. The molecule has 3 N–H and O–H groups in total. The van der Waals surface area contributed by atoms with Gasteiger partial charge in [0, 0.05) is 24.8 Å². The van der Waals surface area contributed by atoms with E-state index in [-0.39, 0.29) is 30.9 Å². The van der Waals surface area contributed by atoms with Gasteiger partial charge in [-0.15, -0.1) is 5.92 Å². The second-order valence-corrected chi connectivity index (χ2v) is 26.4. The molecule has 10 rings (SSSR count). The Bertz CT molecular complexity index is 2290. The van der Waals surface area contributed by atoms with E-state index < -0.39 is 51.5 Å². The molecular weight excluding hydrogens is 893 g/mol. The Labute approximate surface area is 433 Å². The van der Waals surface area contributed by atoms with Crippen molar-refractivity contribution in [2.24, 2.45) is 50.7 Å². The molecule has 392 valence electrons. The number of hydrogen-bond acceptors (Lipinski definition) is 7. The first-order valence-corrected chi connectivity index (χ1v) is 29.4. The third-order valence-electron chi connectivity index (χ3n) is 22.3. The fourth-order valence-electron chi connectivity index (χ4n) is 18.4. The van der Waals surface area contributed by atoms with E-state index in [1.165, 1.54) is 76.2 Å². The van der Waals surface area contributed by atoms with Gasteiger partial charge >= 0.3 is 11.9 Å². The largest absolute Gasteiger partial charge is 0.462 e. The molecule has 7 nitrogen and oxygen atoms in total. The summed E-state index contributed by atoms with van der Waals surface area (Å²) in [5.74, 6) is 7.51. The molecule has 2 aromatic rings. The van der Waals surface area contributed by atoms with Crippen molar-refractivity contribution in [1.82, 2.24) is 0 Å². The minimum Gasteiger partial charge on any atom is -0.462 e. The van der Waals surface area contributed by atoms with Crippen LogP contribution >= 0.6 is 0 Å². The maximum Gasteiger partial charge on any atom is 0.331 e. The van der Waals surface area contributed by atoms with Crippen molar-refractivity contribution in [2.75, 3.05) is 6.61 Å². The summed E-state index contributed by atoms with van der Waals surface area (Å²) in [5, 5.41) is 41.4. The zero-order valence-electron chi connectivity index (χ0n) is 44.6. The lowest BCUT2D eigenvalue weighted by molar-refractivity contribution is -0.339. The average Bonchev–Trinajstić information content (AvgIpc) is 4.00. The fourth-order valence-corrected chi connectivity index (χ4v) is 18.4. The Morgan fingerprint density at radius 2 is 1.44 bits per heavy atom. The summed E-state index contributed by atoms with van der Waals surface area (Å²) < 4.78 is 12.6. The number of carbonyl (C=O) groups excluding carboxylic acids is 2. The van der Waals surface area contributed by atoms with Gasteiger partial charge in [-0.25, -0.2) is 4.79 Å². The van der Waals surface area contributed by atoms with Gasteiger partial charge in [0.1, 0.15) is 12.7 Å². The van der Waals surface area contributed by atoms with Crippen LogP contribution in [-0.2, 0) is 30.9 Å². The molecular formula is C65H90O7. The number of ether oxygens (including phenoxy) is 2. The van der Waals surface area contributed by atoms with Gasteiger partial charge in [0.2, 0.25) is 0 Å². The van der Waals surface area contributed by atoms with Gasteiger partial charge in [-0.1, -0.05) is 125 Å². The first-order valence-electron chi connectivity index (χ1n) is 29.4. The van der Waals surface area contributed by atoms with E-state index in [0.717, 1.165) is 88.5 Å². The lowest BCUT2D eigenvalue weighted by atomic mass is 9.35. The highest BCUT2D eigenvalue weighted by atomic mass is 16.5. The van der Waals surface area contributed by atoms with E-state index in [9.17, 15) is 20.1 Å². The van der Waals surface area contributed by atoms with Crippen LogP contribution < -0.4 is 0 Å². The molecule has 2 aromatic carbocycles. The Hall–Kier alpha value is -3.44. The molecule has 0 unspecified atom stereocenters. The summed E-state index contributed by atoms with van der Waals surface area (Å²) in [6, 6.07) is 22.1. The Morgan fingerprint density at radius 1 is 0.764 bits per heavy atom. The predicted octanol–water partition coefficient (Wildman–Crippen LogP) is 13.5. The molecule has 6 aliphatic carbocycles. The maximum absolute atomic E-state index is 15.2. The molecule has 0 saturated heterocycles. The molecule has 6 saturated carbocycles. The summed E-state index contributed by atoms with van der Waals surface area (Å²) in [6.45, 7) is 6.91. The molecule has 2 aliphatic heterocycles. The first kappa shape index (κ1) is 52.0. The number of aliphatic hydroxyl groups excluding tert-OH is 2. The summed E-state index contributed by atoms with van der Waals surface area (Å²) in [4.78, 5) is 27.7. The van der Waals surface area contributed by atoms with Crippen LogP contribution in [0.25, 0.3) is 0 Å². The molecule has 8 aliphatic rings. The Balaban J connectivity index is 0.989. The molecule has 0 aromatic heterocycles. The zero-order chi connectivity index (χ0) is 50.2. The van der Waals surface area contributed by atoms with Gasteiger partial charge in [0.25, 0.3) is 0 Å². The van der Waals surface area contributed by atoms with E-state index in [1.54, 1.807) is 11.6 Å². The minimum atomic E-state index is -1.70. The van der Waals surface area contributed by atoms with Crippen molar-refractivity contribution in [2.45, 2.75) is 236 Å². The van der Waals surface area contributed by atoms with Crippen molar-refractivity contribution >= 4 is 11.9 Å². The second-order valence-electron chi connectivity index (χ2n) is 26.4. The SMILES string of the molecule is C[C@H](CCCc1ccccc1)CC[C@H](O)[C@]12[C@H](O)CC[C@@](C)(C3CCC4(CC3)CC[C@@H](CC3(c5ccccc5)CCCCC3)C4)[C@@H]1[C@H]1C[C@](C)(C#CCC3(CCCCC3)C(=O)O1)[C@]2(O)CCC1=CC(=O)OC1. The molecule has 2 heterocycles. The highest BCUT2D eigenvalue weighted by molar-refractivity contribution is 5.85. The highest BCUT2D eigenvalue weighted by Gasteiger charge is 2.78. The lowest BCUT2D eigenvalue weighted by Gasteiger charge is -2.72. The standard InChI is InChI=1S/C65H90O7/c1-47(18-16-21-48-19-8-4-9-20-48)24-25-54(66)65-55(67)30-37-60(3,51-28-39-61(40-29-51)38-26-50(43-61)44-63(34-14-7-15-35-63)52-22-10-5-11-23-52)57(65)53-45-59(2,64(65,70)41-27-49-42-56(68)71-46-49)31-17-36-62(58(69)72-53)32-12-6-13-33-62/h4-5,8-11,19-20,22-23,42,47,50-51,53-55,57,66-67,70H,6-7,12-16,18,21,24-30,32-41,43-46H2,1-3H3/t47-,50-,51?,53-,54+,55-,57+,59+,60+,61?,64-,65+/m1/s1. The predicted molar refractivity (Wildman–Crippen MR) is 284 cm³/mol. The second kappa shape index (κ2) is 20.9. The van der Waals surface area contributed by atoms with E-state index in [2.05, 4.69) is 86.4 Å². The van der Waals surface area contributed by atoms with Gasteiger partial charge in [0.05, 0.1) is 34.1 Å². The van der Waals surface area contributed by atoms with Gasteiger partial charge in [-0.05, 0) is 186 Å². The van der Waals surface area contributed by atoms with Crippen molar-refractivity contribution in [3.8, 4) is 11.8 Å². The summed E-state index contributed by atoms with van der Waals surface area (Å²) >= 11 is 0. The van der Waals surface area contributed by atoms with Crippen LogP contribution in [0.4, 0.5) is 0 Å². The third kappa shape index (κ3) is 9.50. The molecule has 0 radical (unpaired) electrons. The van der Waals surface area contributed by atoms with Crippen LogP contribution in [0.5, 0.6) is 0 Å². The normalized spacial score (nSPS) is 38.0. The highest BCUT2D eigenvalue weighted by Crippen LogP contribution is 2.73. The van der Waals surface area contributed by atoms with E-state index in [0.29, 0.717) is 48.9 Å². The topological polar surface area (TPSA) is 113 Å². The van der Waals surface area contributed by atoms with Gasteiger partial charge in [0.15, 0.2) is 0 Å².